The van der Waals surface area contributed by atoms with Crippen molar-refractivity contribution in [2.24, 2.45) is 5.16 Å². The minimum atomic E-state index is 0.741. The number of benzene rings is 1. The zero-order valence-corrected chi connectivity index (χ0v) is 16.8. The van der Waals surface area contributed by atoms with E-state index < -0.39 is 0 Å². The Morgan fingerprint density at radius 1 is 1.00 bits per heavy atom. The van der Waals surface area contributed by atoms with Gasteiger partial charge in [-0.2, -0.15) is 5.10 Å². The number of piperazine rings is 1. The van der Waals surface area contributed by atoms with Gasteiger partial charge in [0.2, 0.25) is 0 Å². The molecule has 0 aliphatic carbocycles. The summed E-state index contributed by atoms with van der Waals surface area (Å²) in [6, 6.07) is 11.9. The third-order valence-corrected chi connectivity index (χ3v) is 4.80. The highest BCUT2D eigenvalue weighted by Crippen LogP contribution is 2.14. The van der Waals surface area contributed by atoms with Crippen LogP contribution < -0.4 is 9.64 Å². The molecule has 0 atom stereocenters. The predicted molar refractivity (Wildman–Crippen MR) is 111 cm³/mol. The van der Waals surface area contributed by atoms with Crippen molar-refractivity contribution in [2.75, 3.05) is 51.3 Å². The van der Waals surface area contributed by atoms with E-state index in [1.165, 1.54) is 7.11 Å². The van der Waals surface area contributed by atoms with Crippen LogP contribution in [-0.4, -0.2) is 67.8 Å². The third-order valence-electron chi connectivity index (χ3n) is 4.80. The van der Waals surface area contributed by atoms with E-state index in [2.05, 4.69) is 36.1 Å². The number of rotatable bonds is 9. The molecule has 7 nitrogen and oxygen atoms in total. The fourth-order valence-corrected chi connectivity index (χ4v) is 3.15. The molecule has 0 unspecified atom stereocenters. The summed E-state index contributed by atoms with van der Waals surface area (Å²) in [5, 5.41) is 12.2. The highest BCUT2D eigenvalue weighted by molar-refractivity contribution is 5.79. The molecule has 0 saturated carbocycles. The Labute approximate surface area is 167 Å². The first kappa shape index (κ1) is 20.1. The van der Waals surface area contributed by atoms with E-state index in [1.807, 2.05) is 37.3 Å². The first-order chi connectivity index (χ1) is 13.7. The smallest absolute Gasteiger partial charge is 0.151 e. The number of aryl methyl sites for hydroxylation is 1. The van der Waals surface area contributed by atoms with Crippen LogP contribution in [0.5, 0.6) is 5.75 Å². The summed E-state index contributed by atoms with van der Waals surface area (Å²) in [5.74, 6) is 1.88. The average molecular weight is 383 g/mol. The zero-order valence-electron chi connectivity index (χ0n) is 16.8. The van der Waals surface area contributed by atoms with Gasteiger partial charge in [-0.25, -0.2) is 0 Å². The van der Waals surface area contributed by atoms with Crippen molar-refractivity contribution in [3.8, 4) is 5.75 Å². The summed E-state index contributed by atoms with van der Waals surface area (Å²) in [4.78, 5) is 9.50. The maximum Gasteiger partial charge on any atom is 0.151 e. The molecular weight excluding hydrogens is 354 g/mol. The zero-order chi connectivity index (χ0) is 19.6. The number of anilines is 1. The maximum absolute atomic E-state index is 5.82. The molecule has 28 heavy (non-hydrogen) atoms. The molecule has 150 valence electrons. The second-order valence-electron chi connectivity index (χ2n) is 6.90. The van der Waals surface area contributed by atoms with Gasteiger partial charge in [0.15, 0.2) is 5.82 Å². The molecule has 1 aliphatic heterocycles. The molecule has 1 aliphatic rings. The molecule has 0 N–H and O–H groups in total. The Balaban J connectivity index is 1.29. The first-order valence-electron chi connectivity index (χ1n) is 9.81. The van der Waals surface area contributed by atoms with E-state index >= 15 is 0 Å². The van der Waals surface area contributed by atoms with Gasteiger partial charge in [0.05, 0.1) is 18.5 Å². The Bertz CT molecular complexity index is 725. The van der Waals surface area contributed by atoms with Gasteiger partial charge >= 0.3 is 0 Å². The summed E-state index contributed by atoms with van der Waals surface area (Å²) >= 11 is 0. The summed E-state index contributed by atoms with van der Waals surface area (Å²) < 4.78 is 5.82. The normalized spacial score (nSPS) is 15.1. The van der Waals surface area contributed by atoms with Crippen molar-refractivity contribution >= 4 is 12.0 Å². The highest BCUT2D eigenvalue weighted by atomic mass is 16.6. The van der Waals surface area contributed by atoms with Gasteiger partial charge in [-0.3, -0.25) is 4.90 Å². The molecule has 1 aromatic heterocycles. The van der Waals surface area contributed by atoms with Crippen LogP contribution in [0.2, 0.25) is 0 Å². The van der Waals surface area contributed by atoms with E-state index in [0.717, 1.165) is 75.0 Å². The second kappa shape index (κ2) is 10.6. The molecule has 3 rings (SSSR count). The maximum atomic E-state index is 5.82. The Kier molecular flexibility index (Phi) is 7.61. The molecule has 2 aromatic rings. The lowest BCUT2D eigenvalue weighted by atomic mass is 10.2. The fraction of sp³-hybridized carbons (Fsp3) is 0.476. The Morgan fingerprint density at radius 3 is 2.46 bits per heavy atom. The molecule has 1 fully saturated rings. The highest BCUT2D eigenvalue weighted by Gasteiger charge is 2.17. The molecule has 7 heteroatoms. The molecule has 1 aromatic carbocycles. The van der Waals surface area contributed by atoms with Crippen LogP contribution in [0, 0.1) is 6.92 Å². The standard InChI is InChI=1S/C21H29N5O2/c1-18-5-10-21(24-23-18)26-14-12-25(13-15-26)11-3-4-16-28-20-8-6-19(7-9-20)17-22-27-2/h5-10,17H,3-4,11-16H2,1-2H3/b22-17+. The van der Waals surface area contributed by atoms with Crippen LogP contribution in [-0.2, 0) is 4.84 Å². The lowest BCUT2D eigenvalue weighted by Crippen LogP contribution is -2.47. The van der Waals surface area contributed by atoms with E-state index in [0.29, 0.717) is 0 Å². The lowest BCUT2D eigenvalue weighted by molar-refractivity contribution is 0.215. The molecule has 0 spiro atoms. The van der Waals surface area contributed by atoms with Gasteiger partial charge in [0, 0.05) is 26.2 Å². The first-order valence-corrected chi connectivity index (χ1v) is 9.81. The van der Waals surface area contributed by atoms with Crippen LogP contribution >= 0.6 is 0 Å². The van der Waals surface area contributed by atoms with E-state index in [1.54, 1.807) is 6.21 Å². The third kappa shape index (κ3) is 6.20. The SMILES string of the molecule is CO/N=C/c1ccc(OCCCCN2CCN(c3ccc(C)nn3)CC2)cc1. The molecule has 2 heterocycles. The molecule has 0 amide bonds. The molecule has 0 radical (unpaired) electrons. The van der Waals surface area contributed by atoms with Crippen molar-refractivity contribution in [2.45, 2.75) is 19.8 Å². The van der Waals surface area contributed by atoms with Crippen LogP contribution in [0.1, 0.15) is 24.1 Å². The van der Waals surface area contributed by atoms with Crippen molar-refractivity contribution in [1.29, 1.82) is 0 Å². The van der Waals surface area contributed by atoms with Crippen molar-refractivity contribution in [3.05, 3.63) is 47.7 Å². The van der Waals surface area contributed by atoms with Gasteiger partial charge in [0.25, 0.3) is 0 Å². The number of hydrogen-bond acceptors (Lipinski definition) is 7. The van der Waals surface area contributed by atoms with Crippen LogP contribution in [0.4, 0.5) is 5.82 Å². The van der Waals surface area contributed by atoms with Crippen LogP contribution in [0.25, 0.3) is 0 Å². The van der Waals surface area contributed by atoms with Gasteiger partial charge < -0.3 is 14.5 Å². The van der Waals surface area contributed by atoms with Crippen molar-refractivity contribution < 1.29 is 9.57 Å². The van der Waals surface area contributed by atoms with E-state index in [-0.39, 0.29) is 0 Å². The minimum absolute atomic E-state index is 0.741. The number of oxime groups is 1. The fourth-order valence-electron chi connectivity index (χ4n) is 3.15. The molecular formula is C21H29N5O2. The predicted octanol–water partition coefficient (Wildman–Crippen LogP) is 2.75. The summed E-state index contributed by atoms with van der Waals surface area (Å²) in [6.45, 7) is 7.97. The number of hydrogen-bond donors (Lipinski definition) is 0. The average Bonchev–Trinajstić information content (AvgIpc) is 2.74. The number of unbranched alkanes of at least 4 members (excludes halogenated alkanes) is 1. The second-order valence-corrected chi connectivity index (χ2v) is 6.90. The summed E-state index contributed by atoms with van der Waals surface area (Å²) in [6.07, 6.45) is 3.87. The molecule has 0 bridgehead atoms. The summed E-state index contributed by atoms with van der Waals surface area (Å²) in [5.41, 5.74) is 1.95. The monoisotopic (exact) mass is 383 g/mol. The number of ether oxygens (including phenoxy) is 1. The van der Waals surface area contributed by atoms with Crippen LogP contribution in [0.3, 0.4) is 0 Å². The van der Waals surface area contributed by atoms with Gasteiger partial charge in [-0.15, -0.1) is 5.10 Å². The topological polar surface area (TPSA) is 63.1 Å². The largest absolute Gasteiger partial charge is 0.494 e. The van der Waals surface area contributed by atoms with Crippen molar-refractivity contribution in [1.82, 2.24) is 15.1 Å². The van der Waals surface area contributed by atoms with E-state index in [9.17, 15) is 0 Å². The minimum Gasteiger partial charge on any atom is -0.494 e. The van der Waals surface area contributed by atoms with Gasteiger partial charge in [-0.05, 0) is 68.3 Å². The molecule has 1 saturated heterocycles. The van der Waals surface area contributed by atoms with Crippen molar-refractivity contribution in [3.63, 3.8) is 0 Å². The Morgan fingerprint density at radius 2 is 1.79 bits per heavy atom. The van der Waals surface area contributed by atoms with Gasteiger partial charge in [0.1, 0.15) is 12.9 Å². The lowest BCUT2D eigenvalue weighted by Gasteiger charge is -2.35. The summed E-state index contributed by atoms with van der Waals surface area (Å²) in [7, 11) is 1.53. The number of nitrogens with zero attached hydrogens (tertiary/aromatic N) is 5. The quantitative estimate of drug-likeness (QED) is 0.377. The van der Waals surface area contributed by atoms with Gasteiger partial charge in [-0.1, -0.05) is 5.16 Å². The van der Waals surface area contributed by atoms with E-state index in [4.69, 9.17) is 4.74 Å². The number of aromatic nitrogens is 2. The Hall–Kier alpha value is -2.67. The van der Waals surface area contributed by atoms with Crippen LogP contribution in [0.15, 0.2) is 41.6 Å².